The molecule has 0 spiro atoms. The maximum atomic E-state index is 12.1. The molecule has 1 amide bonds. The summed E-state index contributed by atoms with van der Waals surface area (Å²) >= 11 is 0. The van der Waals surface area contributed by atoms with Crippen LogP contribution >= 0.6 is 0 Å². The molecule has 1 aromatic heterocycles. The number of rotatable bonds is 5. The smallest absolute Gasteiger partial charge is 0.357 e. The Kier molecular flexibility index (Phi) is 5.23. The van der Waals surface area contributed by atoms with E-state index >= 15 is 0 Å². The second-order valence-corrected chi connectivity index (χ2v) is 5.61. The molecule has 0 atom stereocenters. The molecule has 0 aliphatic rings. The van der Waals surface area contributed by atoms with Gasteiger partial charge in [0.1, 0.15) is 11.8 Å². The summed E-state index contributed by atoms with van der Waals surface area (Å²) < 4.78 is 4.94. The number of carbonyl (C=O) groups excluding carboxylic acids is 2. The van der Waals surface area contributed by atoms with E-state index in [2.05, 4.69) is 10.3 Å². The lowest BCUT2D eigenvalue weighted by Crippen LogP contribution is -2.21. The predicted molar refractivity (Wildman–Crippen MR) is 98.5 cm³/mol. The Bertz CT molecular complexity index is 1140. The molecule has 0 aliphatic heterocycles. The second kappa shape index (κ2) is 7.92. The number of nitro benzene ring substituents is 1. The number of hydrogen-bond acceptors (Lipinski definition) is 7. The molecule has 0 aliphatic carbocycles. The first-order valence-electron chi connectivity index (χ1n) is 7.99. The van der Waals surface area contributed by atoms with Gasteiger partial charge in [0.25, 0.3) is 11.6 Å². The van der Waals surface area contributed by atoms with Gasteiger partial charge < -0.3 is 10.1 Å². The van der Waals surface area contributed by atoms with Gasteiger partial charge in [0, 0.05) is 17.5 Å². The SMILES string of the molecule is N#Cc1cc([N+](=O)[O-])ccc1NC(=O)COC(=O)c1ccc2ccccc2n1. The lowest BCUT2D eigenvalue weighted by Gasteiger charge is -2.08. The number of benzene rings is 2. The topological polar surface area (TPSA) is 135 Å². The van der Waals surface area contributed by atoms with E-state index in [0.29, 0.717) is 5.52 Å². The highest BCUT2D eigenvalue weighted by Crippen LogP contribution is 2.21. The van der Waals surface area contributed by atoms with Gasteiger partial charge in [0.05, 0.1) is 21.7 Å². The normalized spacial score (nSPS) is 10.1. The number of nitriles is 1. The molecule has 0 saturated heterocycles. The molecule has 2 aromatic carbocycles. The zero-order valence-corrected chi connectivity index (χ0v) is 14.3. The third-order valence-electron chi connectivity index (χ3n) is 3.75. The molecule has 3 rings (SSSR count). The van der Waals surface area contributed by atoms with Gasteiger partial charge in [0.15, 0.2) is 6.61 Å². The Hall–Kier alpha value is -4.32. The highest BCUT2D eigenvalue weighted by molar-refractivity contribution is 5.96. The van der Waals surface area contributed by atoms with Crippen LogP contribution in [0.15, 0.2) is 54.6 Å². The molecule has 1 N–H and O–H groups in total. The maximum absolute atomic E-state index is 12.1. The average Bonchev–Trinajstić information content (AvgIpc) is 2.71. The molecule has 1 heterocycles. The summed E-state index contributed by atoms with van der Waals surface area (Å²) in [4.78, 5) is 38.4. The molecular formula is C19H12N4O5. The summed E-state index contributed by atoms with van der Waals surface area (Å²) in [6, 6.07) is 15.6. The number of nitrogens with one attached hydrogen (secondary N) is 1. The fourth-order valence-electron chi connectivity index (χ4n) is 2.42. The van der Waals surface area contributed by atoms with E-state index in [1.54, 1.807) is 24.3 Å². The van der Waals surface area contributed by atoms with E-state index in [9.17, 15) is 19.7 Å². The van der Waals surface area contributed by atoms with Crippen LogP contribution in [0.4, 0.5) is 11.4 Å². The van der Waals surface area contributed by atoms with Crippen molar-refractivity contribution in [3.05, 3.63) is 76.0 Å². The fraction of sp³-hybridized carbons (Fsp3) is 0.0526. The highest BCUT2D eigenvalue weighted by atomic mass is 16.6. The molecule has 0 radical (unpaired) electrons. The van der Waals surface area contributed by atoms with Crippen LogP contribution in [-0.4, -0.2) is 28.4 Å². The van der Waals surface area contributed by atoms with Gasteiger partial charge in [-0.15, -0.1) is 0 Å². The van der Waals surface area contributed by atoms with E-state index in [1.807, 2.05) is 12.1 Å². The minimum absolute atomic E-state index is 0.0551. The molecule has 0 saturated carbocycles. The third kappa shape index (κ3) is 4.08. The minimum Gasteiger partial charge on any atom is -0.451 e. The zero-order valence-electron chi connectivity index (χ0n) is 14.3. The predicted octanol–water partition coefficient (Wildman–Crippen LogP) is 2.81. The van der Waals surface area contributed by atoms with Crippen LogP contribution < -0.4 is 5.32 Å². The zero-order chi connectivity index (χ0) is 20.1. The number of nitrogens with zero attached hydrogens (tertiary/aromatic N) is 3. The summed E-state index contributed by atoms with van der Waals surface area (Å²) in [5.74, 6) is -1.47. The molecule has 9 nitrogen and oxygen atoms in total. The number of hydrogen-bond donors (Lipinski definition) is 1. The van der Waals surface area contributed by atoms with Crippen LogP contribution in [0.1, 0.15) is 16.1 Å². The quantitative estimate of drug-likeness (QED) is 0.411. The number of ether oxygens (including phenoxy) is 1. The van der Waals surface area contributed by atoms with Gasteiger partial charge in [-0.1, -0.05) is 24.3 Å². The molecule has 138 valence electrons. The Morgan fingerprint density at radius 3 is 2.71 bits per heavy atom. The number of amides is 1. The molecular weight excluding hydrogens is 364 g/mol. The summed E-state index contributed by atoms with van der Waals surface area (Å²) in [5.41, 5.74) is 0.400. The number of carbonyl (C=O) groups is 2. The van der Waals surface area contributed by atoms with Crippen molar-refractivity contribution in [2.24, 2.45) is 0 Å². The Morgan fingerprint density at radius 1 is 1.18 bits per heavy atom. The summed E-state index contributed by atoms with van der Waals surface area (Å²) in [5, 5.41) is 23.1. The van der Waals surface area contributed by atoms with Crippen molar-refractivity contribution >= 4 is 34.2 Å². The van der Waals surface area contributed by atoms with Gasteiger partial charge >= 0.3 is 5.97 Å². The van der Waals surface area contributed by atoms with Gasteiger partial charge in [-0.3, -0.25) is 14.9 Å². The fourth-order valence-corrected chi connectivity index (χ4v) is 2.42. The third-order valence-corrected chi connectivity index (χ3v) is 3.75. The van der Waals surface area contributed by atoms with Crippen LogP contribution in [0.2, 0.25) is 0 Å². The number of esters is 1. The van der Waals surface area contributed by atoms with Crippen LogP contribution in [-0.2, 0) is 9.53 Å². The number of nitro groups is 1. The van der Waals surface area contributed by atoms with Crippen LogP contribution in [0.25, 0.3) is 10.9 Å². The average molecular weight is 376 g/mol. The maximum Gasteiger partial charge on any atom is 0.357 e. The van der Waals surface area contributed by atoms with Crippen molar-refractivity contribution in [2.75, 3.05) is 11.9 Å². The minimum atomic E-state index is -0.773. The first kappa shape index (κ1) is 18.5. The van der Waals surface area contributed by atoms with Crippen molar-refractivity contribution < 1.29 is 19.2 Å². The van der Waals surface area contributed by atoms with Crippen molar-refractivity contribution in [2.45, 2.75) is 0 Å². The molecule has 28 heavy (non-hydrogen) atoms. The second-order valence-electron chi connectivity index (χ2n) is 5.61. The standard InChI is InChI=1S/C19H12N4O5/c20-10-13-9-14(23(26)27)6-8-16(13)22-18(24)11-28-19(25)17-7-5-12-3-1-2-4-15(12)21-17/h1-9H,11H2,(H,22,24). The van der Waals surface area contributed by atoms with E-state index in [0.717, 1.165) is 17.5 Å². The summed E-state index contributed by atoms with van der Waals surface area (Å²) in [6.07, 6.45) is 0. The molecule has 0 unspecified atom stereocenters. The first-order valence-corrected chi connectivity index (χ1v) is 7.99. The summed E-state index contributed by atoms with van der Waals surface area (Å²) in [6.45, 7) is -0.602. The summed E-state index contributed by atoms with van der Waals surface area (Å²) in [7, 11) is 0. The Morgan fingerprint density at radius 2 is 1.96 bits per heavy atom. The van der Waals surface area contributed by atoms with Gasteiger partial charge in [0.2, 0.25) is 0 Å². The lowest BCUT2D eigenvalue weighted by atomic mass is 10.1. The van der Waals surface area contributed by atoms with Crippen LogP contribution in [0.3, 0.4) is 0 Å². The van der Waals surface area contributed by atoms with E-state index in [4.69, 9.17) is 10.00 Å². The van der Waals surface area contributed by atoms with E-state index in [1.165, 1.54) is 12.1 Å². The number of pyridine rings is 1. The van der Waals surface area contributed by atoms with Crippen molar-refractivity contribution in [1.82, 2.24) is 4.98 Å². The van der Waals surface area contributed by atoms with Crippen molar-refractivity contribution in [1.29, 1.82) is 5.26 Å². The number of fused-ring (bicyclic) bond motifs is 1. The Balaban J connectivity index is 1.64. The van der Waals surface area contributed by atoms with Gasteiger partial charge in [-0.2, -0.15) is 5.26 Å². The highest BCUT2D eigenvalue weighted by Gasteiger charge is 2.15. The first-order chi connectivity index (χ1) is 13.5. The molecule has 3 aromatic rings. The molecule has 9 heteroatoms. The Labute approximate surface area is 158 Å². The van der Waals surface area contributed by atoms with Crippen LogP contribution in [0, 0.1) is 21.4 Å². The van der Waals surface area contributed by atoms with E-state index < -0.39 is 23.4 Å². The number of aromatic nitrogens is 1. The molecule has 0 fully saturated rings. The lowest BCUT2D eigenvalue weighted by molar-refractivity contribution is -0.384. The largest absolute Gasteiger partial charge is 0.451 e. The molecule has 0 bridgehead atoms. The van der Waals surface area contributed by atoms with Gasteiger partial charge in [-0.05, 0) is 18.2 Å². The number of para-hydroxylation sites is 1. The van der Waals surface area contributed by atoms with E-state index in [-0.39, 0.29) is 22.6 Å². The van der Waals surface area contributed by atoms with Gasteiger partial charge in [-0.25, -0.2) is 9.78 Å². The van der Waals surface area contributed by atoms with Crippen molar-refractivity contribution in [3.63, 3.8) is 0 Å². The van der Waals surface area contributed by atoms with Crippen molar-refractivity contribution in [3.8, 4) is 6.07 Å². The number of anilines is 1. The monoisotopic (exact) mass is 376 g/mol. The number of non-ortho nitro benzene ring substituents is 1. The van der Waals surface area contributed by atoms with Crippen LogP contribution in [0.5, 0.6) is 0 Å².